The molecule has 0 radical (unpaired) electrons. The summed E-state index contributed by atoms with van der Waals surface area (Å²) in [5, 5.41) is 3.62. The van der Waals surface area contributed by atoms with Gasteiger partial charge in [0.15, 0.2) is 0 Å². The zero-order valence-electron chi connectivity index (χ0n) is 17.7. The number of rotatable bonds is 14. The molecule has 152 valence electrons. The van der Waals surface area contributed by atoms with Crippen molar-refractivity contribution in [2.75, 3.05) is 19.6 Å². The third kappa shape index (κ3) is 10.3. The maximum Gasteiger partial charge on any atom is 0.229 e. The van der Waals surface area contributed by atoms with Crippen LogP contribution in [0.1, 0.15) is 104 Å². The molecule has 4 heteroatoms. The van der Waals surface area contributed by atoms with Crippen LogP contribution in [0.25, 0.3) is 0 Å². The summed E-state index contributed by atoms with van der Waals surface area (Å²) in [6.07, 6.45) is 16.2. The van der Waals surface area contributed by atoms with Gasteiger partial charge in [0.05, 0.1) is 12.6 Å². The Kier molecular flexibility index (Phi) is 13.5. The van der Waals surface area contributed by atoms with Crippen molar-refractivity contribution in [2.45, 2.75) is 110 Å². The molecule has 1 N–H and O–H groups in total. The zero-order chi connectivity index (χ0) is 19.0. The maximum atomic E-state index is 12.5. The Balaban J connectivity index is 2.12. The lowest BCUT2D eigenvalue weighted by atomic mass is 10.1. The molecule has 1 aliphatic heterocycles. The van der Waals surface area contributed by atoms with E-state index in [1.807, 2.05) is 6.92 Å². The number of nitrogens with one attached hydrogen (secondary N) is 1. The molecule has 0 bridgehead atoms. The third-order valence-corrected chi connectivity index (χ3v) is 5.34. The van der Waals surface area contributed by atoms with Crippen LogP contribution in [0.2, 0.25) is 0 Å². The second-order valence-electron chi connectivity index (χ2n) is 7.79. The van der Waals surface area contributed by atoms with Crippen LogP contribution in [0.3, 0.4) is 0 Å². The van der Waals surface area contributed by atoms with E-state index < -0.39 is 0 Å². The Morgan fingerprint density at radius 2 is 1.62 bits per heavy atom. The molecule has 4 nitrogen and oxygen atoms in total. The third-order valence-electron chi connectivity index (χ3n) is 5.34. The van der Waals surface area contributed by atoms with Gasteiger partial charge in [0.25, 0.3) is 0 Å². The summed E-state index contributed by atoms with van der Waals surface area (Å²) in [7, 11) is 0. The summed E-state index contributed by atoms with van der Waals surface area (Å²) in [5.41, 5.74) is 0.976. The zero-order valence-corrected chi connectivity index (χ0v) is 17.7. The van der Waals surface area contributed by atoms with Gasteiger partial charge in [-0.25, -0.2) is 0 Å². The van der Waals surface area contributed by atoms with E-state index in [1.165, 1.54) is 64.2 Å². The number of hydrogen-bond acceptors (Lipinski definition) is 3. The second kappa shape index (κ2) is 15.2. The van der Waals surface area contributed by atoms with Crippen LogP contribution < -0.4 is 5.32 Å². The first-order valence-corrected chi connectivity index (χ1v) is 11.2. The highest BCUT2D eigenvalue weighted by molar-refractivity contribution is 6.00. The largest absolute Gasteiger partial charge is 0.327 e. The maximum absolute atomic E-state index is 12.5. The number of amides is 1. The van der Waals surface area contributed by atoms with Gasteiger partial charge in [-0.05, 0) is 32.7 Å². The van der Waals surface area contributed by atoms with Gasteiger partial charge in [0, 0.05) is 18.8 Å². The molecule has 0 aromatic heterocycles. The van der Waals surface area contributed by atoms with Crippen LogP contribution in [-0.4, -0.2) is 42.3 Å². The lowest BCUT2D eigenvalue weighted by Gasteiger charge is -2.33. The predicted octanol–water partition coefficient (Wildman–Crippen LogP) is 5.32. The van der Waals surface area contributed by atoms with Gasteiger partial charge >= 0.3 is 0 Å². The summed E-state index contributed by atoms with van der Waals surface area (Å²) in [6.45, 7) is 9.12. The minimum atomic E-state index is 0.187. The number of carbonyl (C=O) groups is 1. The van der Waals surface area contributed by atoms with Crippen LogP contribution in [0.4, 0.5) is 0 Å². The van der Waals surface area contributed by atoms with Crippen molar-refractivity contribution in [1.82, 2.24) is 10.2 Å². The molecular weight excluding hydrogens is 322 g/mol. The summed E-state index contributed by atoms with van der Waals surface area (Å²) in [4.78, 5) is 19.0. The number of hydrogen-bond donors (Lipinski definition) is 1. The molecule has 0 aromatic rings. The molecular formula is C22H43N3O. The van der Waals surface area contributed by atoms with E-state index in [0.717, 1.165) is 38.2 Å². The van der Waals surface area contributed by atoms with E-state index in [-0.39, 0.29) is 12.1 Å². The first kappa shape index (κ1) is 23.1. The van der Waals surface area contributed by atoms with Gasteiger partial charge < -0.3 is 4.90 Å². The lowest BCUT2D eigenvalue weighted by molar-refractivity contribution is -0.133. The number of aliphatic imine (C=N–C) groups is 1. The Morgan fingerprint density at radius 3 is 2.23 bits per heavy atom. The van der Waals surface area contributed by atoms with Crippen molar-refractivity contribution < 1.29 is 4.79 Å². The van der Waals surface area contributed by atoms with Crippen molar-refractivity contribution in [1.29, 1.82) is 0 Å². The lowest BCUT2D eigenvalue weighted by Crippen LogP contribution is -2.50. The van der Waals surface area contributed by atoms with E-state index >= 15 is 0 Å². The Bertz CT molecular complexity index is 395. The Morgan fingerprint density at radius 1 is 1.00 bits per heavy atom. The first-order chi connectivity index (χ1) is 12.7. The minimum Gasteiger partial charge on any atom is -0.327 e. The summed E-state index contributed by atoms with van der Waals surface area (Å²) < 4.78 is 0. The fourth-order valence-electron chi connectivity index (χ4n) is 3.70. The van der Waals surface area contributed by atoms with Gasteiger partial charge in [0.2, 0.25) is 5.91 Å². The molecule has 1 rings (SSSR count). The minimum absolute atomic E-state index is 0.187. The van der Waals surface area contributed by atoms with Crippen LogP contribution in [0.15, 0.2) is 4.99 Å². The first-order valence-electron chi connectivity index (χ1n) is 11.2. The molecule has 1 unspecified atom stereocenters. The Labute approximate surface area is 162 Å². The van der Waals surface area contributed by atoms with E-state index in [9.17, 15) is 4.79 Å². The SMILES string of the molecule is CCCCCCCCCCCCNC(CC)N1CCCN=C(C)CC1=O. The van der Waals surface area contributed by atoms with E-state index in [2.05, 4.69) is 29.1 Å². The number of unbranched alkanes of at least 4 members (excludes halogenated alkanes) is 9. The molecule has 26 heavy (non-hydrogen) atoms. The highest BCUT2D eigenvalue weighted by Crippen LogP contribution is 2.12. The average molecular weight is 366 g/mol. The van der Waals surface area contributed by atoms with E-state index in [0.29, 0.717) is 6.42 Å². The van der Waals surface area contributed by atoms with Crippen molar-refractivity contribution in [3.05, 3.63) is 0 Å². The highest BCUT2D eigenvalue weighted by Gasteiger charge is 2.22. The monoisotopic (exact) mass is 365 g/mol. The predicted molar refractivity (Wildman–Crippen MR) is 113 cm³/mol. The molecule has 0 fully saturated rings. The smallest absolute Gasteiger partial charge is 0.229 e. The van der Waals surface area contributed by atoms with Crippen molar-refractivity contribution in [3.63, 3.8) is 0 Å². The highest BCUT2D eigenvalue weighted by atomic mass is 16.2. The molecule has 1 aliphatic rings. The average Bonchev–Trinajstić information content (AvgIpc) is 2.62. The summed E-state index contributed by atoms with van der Waals surface area (Å²) in [5.74, 6) is 0.230. The molecule has 0 saturated heterocycles. The van der Waals surface area contributed by atoms with Crippen molar-refractivity contribution in [3.8, 4) is 0 Å². The topological polar surface area (TPSA) is 44.7 Å². The van der Waals surface area contributed by atoms with Gasteiger partial charge in [-0.15, -0.1) is 0 Å². The van der Waals surface area contributed by atoms with Crippen LogP contribution in [0, 0.1) is 0 Å². The van der Waals surface area contributed by atoms with Gasteiger partial charge in [-0.2, -0.15) is 0 Å². The van der Waals surface area contributed by atoms with Crippen LogP contribution in [0.5, 0.6) is 0 Å². The molecule has 0 spiro atoms. The molecule has 0 aliphatic carbocycles. The van der Waals surface area contributed by atoms with Crippen molar-refractivity contribution in [2.24, 2.45) is 4.99 Å². The second-order valence-corrected chi connectivity index (χ2v) is 7.79. The van der Waals surface area contributed by atoms with Crippen LogP contribution in [-0.2, 0) is 4.79 Å². The number of nitrogens with zero attached hydrogens (tertiary/aromatic N) is 2. The van der Waals surface area contributed by atoms with Gasteiger partial charge in [0.1, 0.15) is 0 Å². The molecule has 1 atom stereocenters. The van der Waals surface area contributed by atoms with E-state index in [4.69, 9.17) is 0 Å². The molecule has 0 aromatic carbocycles. The number of carbonyl (C=O) groups excluding carboxylic acids is 1. The molecule has 1 amide bonds. The van der Waals surface area contributed by atoms with Gasteiger partial charge in [-0.3, -0.25) is 15.1 Å². The summed E-state index contributed by atoms with van der Waals surface area (Å²) in [6, 6.07) is 0. The van der Waals surface area contributed by atoms with Crippen molar-refractivity contribution >= 4 is 11.6 Å². The van der Waals surface area contributed by atoms with Gasteiger partial charge in [-0.1, -0.05) is 71.6 Å². The fraction of sp³-hybridized carbons (Fsp3) is 0.909. The van der Waals surface area contributed by atoms with E-state index in [1.54, 1.807) is 0 Å². The normalized spacial score (nSPS) is 17.0. The Hall–Kier alpha value is -0.900. The summed E-state index contributed by atoms with van der Waals surface area (Å²) >= 11 is 0. The fourth-order valence-corrected chi connectivity index (χ4v) is 3.70. The molecule has 1 heterocycles. The standard InChI is InChI=1S/C22H43N3O/c1-4-6-7-8-9-10-11-12-13-14-16-24-21(5-2)25-18-15-17-23-20(3)19-22(25)26/h21,24H,4-19H2,1-3H3. The van der Waals surface area contributed by atoms with Crippen LogP contribution >= 0.6 is 0 Å². The molecule has 0 saturated carbocycles. The quantitative estimate of drug-likeness (QED) is 0.424.